The van der Waals surface area contributed by atoms with Crippen molar-refractivity contribution in [2.45, 2.75) is 18.9 Å². The lowest BCUT2D eigenvalue weighted by molar-refractivity contribution is 0.174. The van der Waals surface area contributed by atoms with Crippen LogP contribution in [0.5, 0.6) is 5.75 Å². The van der Waals surface area contributed by atoms with E-state index in [-0.39, 0.29) is 0 Å². The number of nitrogens with one attached hydrogen (secondary N) is 1. The molecule has 2 N–H and O–H groups in total. The first-order valence-corrected chi connectivity index (χ1v) is 7.28. The molecule has 0 aliphatic carbocycles. The van der Waals surface area contributed by atoms with E-state index in [9.17, 15) is 5.11 Å². The Balaban J connectivity index is 1.82. The molecule has 0 saturated heterocycles. The summed E-state index contributed by atoms with van der Waals surface area (Å²) in [5, 5.41) is 13.5. The van der Waals surface area contributed by atoms with Gasteiger partial charge >= 0.3 is 0 Å². The maximum atomic E-state index is 10.2. The van der Waals surface area contributed by atoms with Gasteiger partial charge in [0.15, 0.2) is 0 Å². The fourth-order valence-corrected chi connectivity index (χ4v) is 2.30. The number of ether oxygens (including phenoxy) is 1. The topological polar surface area (TPSA) is 41.5 Å². The van der Waals surface area contributed by atoms with Gasteiger partial charge in [-0.05, 0) is 29.2 Å². The fraction of sp³-hybridized carbons (Fsp3) is 0.333. The molecule has 112 valence electrons. The van der Waals surface area contributed by atoms with E-state index >= 15 is 0 Å². The monoisotopic (exact) mass is 285 g/mol. The lowest BCUT2D eigenvalue weighted by Gasteiger charge is -2.16. The van der Waals surface area contributed by atoms with Gasteiger partial charge in [-0.3, -0.25) is 0 Å². The average molecular weight is 285 g/mol. The summed E-state index contributed by atoms with van der Waals surface area (Å²) < 4.78 is 5.17. The summed E-state index contributed by atoms with van der Waals surface area (Å²) in [6.07, 6.45) is -0.525. The van der Waals surface area contributed by atoms with Crippen LogP contribution < -0.4 is 10.1 Å². The molecule has 2 atom stereocenters. The van der Waals surface area contributed by atoms with Crippen LogP contribution >= 0.6 is 0 Å². The largest absolute Gasteiger partial charge is 0.497 e. The SMILES string of the molecule is COc1cccc([C@@H](O)CNC[C@H](C)c2ccccc2)c1. The van der Waals surface area contributed by atoms with Gasteiger partial charge in [0.1, 0.15) is 5.75 Å². The van der Waals surface area contributed by atoms with Crippen LogP contribution in [0.3, 0.4) is 0 Å². The highest BCUT2D eigenvalue weighted by Gasteiger charge is 2.10. The Morgan fingerprint density at radius 1 is 1.00 bits per heavy atom. The van der Waals surface area contributed by atoms with Crippen molar-refractivity contribution in [1.82, 2.24) is 5.32 Å². The number of aliphatic hydroxyl groups is 1. The standard InChI is InChI=1S/C18H23NO2/c1-14(15-7-4-3-5-8-15)12-19-13-18(20)16-9-6-10-17(11-16)21-2/h3-11,14,18-20H,12-13H2,1-2H3/t14-,18-/m0/s1. The van der Waals surface area contributed by atoms with Crippen LogP contribution in [0.15, 0.2) is 54.6 Å². The molecule has 2 rings (SSSR count). The van der Waals surface area contributed by atoms with Crippen molar-refractivity contribution in [1.29, 1.82) is 0 Å². The smallest absolute Gasteiger partial charge is 0.119 e. The molecule has 0 aromatic heterocycles. The quantitative estimate of drug-likeness (QED) is 0.821. The van der Waals surface area contributed by atoms with E-state index in [2.05, 4.69) is 36.5 Å². The van der Waals surface area contributed by atoms with Crippen LogP contribution in [0, 0.1) is 0 Å². The summed E-state index contributed by atoms with van der Waals surface area (Å²) in [6.45, 7) is 3.55. The second-order valence-corrected chi connectivity index (χ2v) is 5.26. The third-order valence-electron chi connectivity index (χ3n) is 3.64. The zero-order chi connectivity index (χ0) is 15.1. The van der Waals surface area contributed by atoms with Gasteiger partial charge in [0.25, 0.3) is 0 Å². The van der Waals surface area contributed by atoms with Crippen LogP contribution in [0.25, 0.3) is 0 Å². The van der Waals surface area contributed by atoms with E-state index in [1.165, 1.54) is 5.56 Å². The zero-order valence-electron chi connectivity index (χ0n) is 12.6. The highest BCUT2D eigenvalue weighted by molar-refractivity contribution is 5.30. The maximum Gasteiger partial charge on any atom is 0.119 e. The predicted molar refractivity (Wildman–Crippen MR) is 85.7 cm³/mol. The molecular weight excluding hydrogens is 262 g/mol. The molecule has 0 fully saturated rings. The lowest BCUT2D eigenvalue weighted by atomic mass is 10.0. The molecule has 0 aliphatic heterocycles. The highest BCUT2D eigenvalue weighted by atomic mass is 16.5. The van der Waals surface area contributed by atoms with E-state index < -0.39 is 6.10 Å². The first kappa shape index (κ1) is 15.5. The van der Waals surface area contributed by atoms with Gasteiger partial charge in [0.2, 0.25) is 0 Å². The fourth-order valence-electron chi connectivity index (χ4n) is 2.30. The van der Waals surface area contributed by atoms with Crippen molar-refractivity contribution in [3.05, 3.63) is 65.7 Å². The number of hydrogen-bond acceptors (Lipinski definition) is 3. The first-order valence-electron chi connectivity index (χ1n) is 7.28. The Bertz CT molecular complexity index is 542. The van der Waals surface area contributed by atoms with Crippen molar-refractivity contribution in [3.8, 4) is 5.75 Å². The molecule has 21 heavy (non-hydrogen) atoms. The van der Waals surface area contributed by atoms with Crippen molar-refractivity contribution < 1.29 is 9.84 Å². The molecule has 3 heteroatoms. The van der Waals surface area contributed by atoms with Crippen LogP contribution in [0.1, 0.15) is 30.1 Å². The molecule has 0 bridgehead atoms. The molecule has 0 heterocycles. The van der Waals surface area contributed by atoms with Crippen molar-refractivity contribution in [2.75, 3.05) is 20.2 Å². The van der Waals surface area contributed by atoms with E-state index in [1.54, 1.807) is 7.11 Å². The first-order chi connectivity index (χ1) is 10.2. The number of methoxy groups -OCH3 is 1. The van der Waals surface area contributed by atoms with Crippen molar-refractivity contribution in [3.63, 3.8) is 0 Å². The zero-order valence-corrected chi connectivity index (χ0v) is 12.6. The number of aliphatic hydroxyl groups excluding tert-OH is 1. The van der Waals surface area contributed by atoms with Gasteiger partial charge < -0.3 is 15.2 Å². The third kappa shape index (κ3) is 4.59. The van der Waals surface area contributed by atoms with Gasteiger partial charge in [-0.25, -0.2) is 0 Å². The summed E-state index contributed by atoms with van der Waals surface area (Å²) in [6, 6.07) is 17.9. The summed E-state index contributed by atoms with van der Waals surface area (Å²) in [7, 11) is 1.63. The number of hydrogen-bond donors (Lipinski definition) is 2. The molecule has 0 saturated carbocycles. The molecule has 0 unspecified atom stereocenters. The van der Waals surface area contributed by atoms with Crippen LogP contribution in [0.2, 0.25) is 0 Å². The van der Waals surface area contributed by atoms with Gasteiger partial charge in [-0.2, -0.15) is 0 Å². The van der Waals surface area contributed by atoms with E-state index in [1.807, 2.05) is 30.3 Å². The van der Waals surface area contributed by atoms with Crippen LogP contribution in [0.4, 0.5) is 0 Å². The Hall–Kier alpha value is -1.84. The second kappa shape index (κ2) is 7.81. The highest BCUT2D eigenvalue weighted by Crippen LogP contribution is 2.19. The van der Waals surface area contributed by atoms with Gasteiger partial charge in [0.05, 0.1) is 13.2 Å². The van der Waals surface area contributed by atoms with Gasteiger partial charge in [-0.1, -0.05) is 49.4 Å². The molecule has 2 aromatic carbocycles. The molecule has 0 radical (unpaired) electrons. The summed E-state index contributed by atoms with van der Waals surface area (Å²) in [5.41, 5.74) is 2.18. The van der Waals surface area contributed by atoms with E-state index in [4.69, 9.17) is 4.74 Å². The van der Waals surface area contributed by atoms with Gasteiger partial charge in [-0.15, -0.1) is 0 Å². The van der Waals surface area contributed by atoms with Crippen LogP contribution in [-0.4, -0.2) is 25.3 Å². The molecule has 2 aromatic rings. The summed E-state index contributed by atoms with van der Waals surface area (Å²) in [4.78, 5) is 0. The minimum Gasteiger partial charge on any atom is -0.497 e. The molecule has 0 spiro atoms. The molecule has 0 aliphatic rings. The minimum atomic E-state index is -0.525. The van der Waals surface area contributed by atoms with E-state index in [0.29, 0.717) is 12.5 Å². The van der Waals surface area contributed by atoms with Gasteiger partial charge in [0, 0.05) is 13.1 Å². The maximum absolute atomic E-state index is 10.2. The Labute approximate surface area is 126 Å². The van der Waals surface area contributed by atoms with E-state index in [0.717, 1.165) is 17.9 Å². The second-order valence-electron chi connectivity index (χ2n) is 5.26. The molecule has 0 amide bonds. The predicted octanol–water partition coefficient (Wildman–Crippen LogP) is 3.12. The lowest BCUT2D eigenvalue weighted by Crippen LogP contribution is -2.25. The number of rotatable bonds is 7. The van der Waals surface area contributed by atoms with Crippen molar-refractivity contribution in [2.24, 2.45) is 0 Å². The minimum absolute atomic E-state index is 0.420. The van der Waals surface area contributed by atoms with Crippen molar-refractivity contribution >= 4 is 0 Å². The number of benzene rings is 2. The Kier molecular flexibility index (Phi) is 5.78. The van der Waals surface area contributed by atoms with Crippen LogP contribution in [-0.2, 0) is 0 Å². The Morgan fingerprint density at radius 2 is 1.71 bits per heavy atom. The summed E-state index contributed by atoms with van der Waals surface area (Å²) >= 11 is 0. The third-order valence-corrected chi connectivity index (χ3v) is 3.64. The normalized spacial score (nSPS) is 13.7. The molecular formula is C18H23NO2. The summed E-state index contributed by atoms with van der Waals surface area (Å²) in [5.74, 6) is 1.19. The molecule has 3 nitrogen and oxygen atoms in total. The Morgan fingerprint density at radius 3 is 2.43 bits per heavy atom. The average Bonchev–Trinajstić information content (AvgIpc) is 2.55.